The highest BCUT2D eigenvalue weighted by Gasteiger charge is 2.40. The molecule has 1 aliphatic heterocycles. The molecule has 0 aliphatic carbocycles. The molecule has 2 atom stereocenters. The third-order valence-corrected chi connectivity index (χ3v) is 4.20. The van der Waals surface area contributed by atoms with Crippen molar-refractivity contribution in [3.05, 3.63) is 66.0 Å². The Labute approximate surface area is 114 Å². The van der Waals surface area contributed by atoms with E-state index in [0.717, 1.165) is 6.42 Å². The molecular formula is C17H20N2. The molecule has 1 aromatic carbocycles. The molecule has 2 heteroatoms. The number of rotatable bonds is 2. The topological polar surface area (TPSA) is 24.9 Å². The van der Waals surface area contributed by atoms with Gasteiger partial charge in [-0.3, -0.25) is 4.98 Å². The quantitative estimate of drug-likeness (QED) is 0.882. The lowest BCUT2D eigenvalue weighted by Crippen LogP contribution is -2.37. The molecule has 1 aliphatic rings. The highest BCUT2D eigenvalue weighted by atomic mass is 15.0. The Hall–Kier alpha value is -1.67. The molecule has 0 spiro atoms. The zero-order valence-electron chi connectivity index (χ0n) is 11.5. The number of nitrogens with one attached hydrogen (secondary N) is 1. The van der Waals surface area contributed by atoms with Crippen molar-refractivity contribution < 1.29 is 0 Å². The Morgan fingerprint density at radius 1 is 1.00 bits per heavy atom. The van der Waals surface area contributed by atoms with Gasteiger partial charge in [-0.05, 0) is 43.5 Å². The predicted octanol–water partition coefficient (Wildman–Crippen LogP) is 3.68. The minimum absolute atomic E-state index is 0.113. The lowest BCUT2D eigenvalue weighted by atomic mass is 9.83. The van der Waals surface area contributed by atoms with Gasteiger partial charge in [-0.25, -0.2) is 0 Å². The molecule has 0 radical (unpaired) electrons. The van der Waals surface area contributed by atoms with Crippen LogP contribution in [-0.2, 0) is 0 Å². The van der Waals surface area contributed by atoms with Gasteiger partial charge in [0.25, 0.3) is 0 Å². The van der Waals surface area contributed by atoms with Crippen molar-refractivity contribution in [3.8, 4) is 0 Å². The van der Waals surface area contributed by atoms with Gasteiger partial charge in [0, 0.05) is 29.9 Å². The molecular weight excluding hydrogens is 232 g/mol. The number of hydrogen-bond acceptors (Lipinski definition) is 2. The second-order valence-electron chi connectivity index (χ2n) is 5.90. The van der Waals surface area contributed by atoms with Crippen LogP contribution in [0.25, 0.3) is 0 Å². The Kier molecular flexibility index (Phi) is 3.11. The van der Waals surface area contributed by atoms with E-state index in [1.807, 2.05) is 12.4 Å². The minimum atomic E-state index is 0.113. The van der Waals surface area contributed by atoms with Gasteiger partial charge in [0.2, 0.25) is 0 Å². The van der Waals surface area contributed by atoms with Gasteiger partial charge < -0.3 is 5.32 Å². The van der Waals surface area contributed by atoms with Crippen molar-refractivity contribution in [2.75, 3.05) is 0 Å². The highest BCUT2D eigenvalue weighted by Crippen LogP contribution is 2.43. The Morgan fingerprint density at radius 2 is 1.68 bits per heavy atom. The number of nitrogens with zero attached hydrogens (tertiary/aromatic N) is 1. The van der Waals surface area contributed by atoms with Crippen LogP contribution >= 0.6 is 0 Å². The average molecular weight is 252 g/mol. The summed E-state index contributed by atoms with van der Waals surface area (Å²) in [6, 6.07) is 15.4. The van der Waals surface area contributed by atoms with Crippen molar-refractivity contribution in [1.29, 1.82) is 0 Å². The molecule has 1 aromatic heterocycles. The fraction of sp³-hybridized carbons (Fsp3) is 0.353. The minimum Gasteiger partial charge on any atom is -0.304 e. The molecule has 2 heterocycles. The van der Waals surface area contributed by atoms with Crippen molar-refractivity contribution in [2.24, 2.45) is 0 Å². The predicted molar refractivity (Wildman–Crippen MR) is 78.0 cm³/mol. The highest BCUT2D eigenvalue weighted by molar-refractivity contribution is 5.28. The molecule has 1 saturated heterocycles. The molecule has 2 nitrogen and oxygen atoms in total. The summed E-state index contributed by atoms with van der Waals surface area (Å²) < 4.78 is 0. The standard InChI is InChI=1S/C17H20N2/c1-17(2)15(13-8-10-18-11-9-13)12-16(19-17)14-6-4-3-5-7-14/h3-11,15-16,19H,12H2,1-2H3/t15-,16+/m0/s1. The summed E-state index contributed by atoms with van der Waals surface area (Å²) in [7, 11) is 0. The van der Waals surface area contributed by atoms with Crippen LogP contribution in [0.5, 0.6) is 0 Å². The fourth-order valence-corrected chi connectivity index (χ4v) is 3.19. The monoisotopic (exact) mass is 252 g/mol. The van der Waals surface area contributed by atoms with Crippen LogP contribution < -0.4 is 5.32 Å². The molecule has 2 aromatic rings. The third kappa shape index (κ3) is 2.41. The number of aromatic nitrogens is 1. The van der Waals surface area contributed by atoms with Crippen LogP contribution in [0.2, 0.25) is 0 Å². The lowest BCUT2D eigenvalue weighted by molar-refractivity contribution is 0.397. The van der Waals surface area contributed by atoms with E-state index in [9.17, 15) is 0 Å². The normalized spacial score (nSPS) is 25.4. The van der Waals surface area contributed by atoms with E-state index in [4.69, 9.17) is 0 Å². The fourth-order valence-electron chi connectivity index (χ4n) is 3.19. The first-order valence-corrected chi connectivity index (χ1v) is 6.89. The average Bonchev–Trinajstić information content (AvgIpc) is 2.77. The molecule has 1 N–H and O–H groups in total. The van der Waals surface area contributed by atoms with Gasteiger partial charge in [0.15, 0.2) is 0 Å². The number of hydrogen-bond donors (Lipinski definition) is 1. The molecule has 0 unspecified atom stereocenters. The van der Waals surface area contributed by atoms with Gasteiger partial charge in [-0.15, -0.1) is 0 Å². The van der Waals surface area contributed by atoms with Gasteiger partial charge >= 0.3 is 0 Å². The summed E-state index contributed by atoms with van der Waals surface area (Å²) in [4.78, 5) is 4.12. The molecule has 0 saturated carbocycles. The SMILES string of the molecule is CC1(C)N[C@@H](c2ccccc2)C[C@H]1c1ccncc1. The van der Waals surface area contributed by atoms with Gasteiger partial charge in [-0.2, -0.15) is 0 Å². The summed E-state index contributed by atoms with van der Waals surface area (Å²) in [6.45, 7) is 4.59. The maximum atomic E-state index is 4.12. The Balaban J connectivity index is 1.88. The number of benzene rings is 1. The van der Waals surface area contributed by atoms with E-state index in [2.05, 4.69) is 66.6 Å². The summed E-state index contributed by atoms with van der Waals surface area (Å²) in [5.41, 5.74) is 2.88. The lowest BCUT2D eigenvalue weighted by Gasteiger charge is -2.27. The van der Waals surface area contributed by atoms with E-state index in [1.54, 1.807) is 0 Å². The van der Waals surface area contributed by atoms with Gasteiger partial charge in [0.1, 0.15) is 0 Å². The molecule has 0 amide bonds. The first kappa shape index (κ1) is 12.4. The van der Waals surface area contributed by atoms with Gasteiger partial charge in [-0.1, -0.05) is 30.3 Å². The van der Waals surface area contributed by atoms with E-state index in [0.29, 0.717) is 12.0 Å². The zero-order chi connectivity index (χ0) is 13.3. The molecule has 19 heavy (non-hydrogen) atoms. The largest absolute Gasteiger partial charge is 0.304 e. The molecule has 1 fully saturated rings. The van der Waals surface area contributed by atoms with Crippen LogP contribution in [0.4, 0.5) is 0 Å². The Morgan fingerprint density at radius 3 is 2.37 bits per heavy atom. The van der Waals surface area contributed by atoms with E-state index < -0.39 is 0 Å². The summed E-state index contributed by atoms with van der Waals surface area (Å²) >= 11 is 0. The summed E-state index contributed by atoms with van der Waals surface area (Å²) in [5, 5.41) is 3.77. The summed E-state index contributed by atoms with van der Waals surface area (Å²) in [6.07, 6.45) is 4.92. The first-order chi connectivity index (χ1) is 9.17. The van der Waals surface area contributed by atoms with Crippen LogP contribution in [-0.4, -0.2) is 10.5 Å². The third-order valence-electron chi connectivity index (χ3n) is 4.20. The summed E-state index contributed by atoms with van der Waals surface area (Å²) in [5.74, 6) is 0.528. The zero-order valence-corrected chi connectivity index (χ0v) is 11.5. The van der Waals surface area contributed by atoms with E-state index >= 15 is 0 Å². The smallest absolute Gasteiger partial charge is 0.0331 e. The van der Waals surface area contributed by atoms with Crippen LogP contribution in [0.3, 0.4) is 0 Å². The van der Waals surface area contributed by atoms with Crippen molar-refractivity contribution in [3.63, 3.8) is 0 Å². The molecule has 3 rings (SSSR count). The Bertz CT molecular complexity index is 534. The van der Waals surface area contributed by atoms with Gasteiger partial charge in [0.05, 0.1) is 0 Å². The molecule has 0 bridgehead atoms. The van der Waals surface area contributed by atoms with Crippen LogP contribution in [0.1, 0.15) is 43.4 Å². The second kappa shape index (κ2) is 4.78. The van der Waals surface area contributed by atoms with Crippen molar-refractivity contribution in [2.45, 2.75) is 37.8 Å². The molecule has 98 valence electrons. The van der Waals surface area contributed by atoms with Crippen molar-refractivity contribution >= 4 is 0 Å². The van der Waals surface area contributed by atoms with Crippen LogP contribution in [0, 0.1) is 0 Å². The number of pyridine rings is 1. The first-order valence-electron chi connectivity index (χ1n) is 6.89. The van der Waals surface area contributed by atoms with Crippen molar-refractivity contribution in [1.82, 2.24) is 10.3 Å². The maximum Gasteiger partial charge on any atom is 0.0331 e. The van der Waals surface area contributed by atoms with E-state index in [-0.39, 0.29) is 5.54 Å². The van der Waals surface area contributed by atoms with Crippen LogP contribution in [0.15, 0.2) is 54.9 Å². The van der Waals surface area contributed by atoms with E-state index in [1.165, 1.54) is 11.1 Å². The maximum absolute atomic E-state index is 4.12. The second-order valence-corrected chi connectivity index (χ2v) is 5.90.